The van der Waals surface area contributed by atoms with Crippen molar-refractivity contribution in [2.75, 3.05) is 12.3 Å². The fourth-order valence-electron chi connectivity index (χ4n) is 1.44. The second-order valence-corrected chi connectivity index (χ2v) is 4.80. The van der Waals surface area contributed by atoms with Gasteiger partial charge in [0.05, 0.1) is 12.1 Å². The molecule has 0 atom stereocenters. The van der Waals surface area contributed by atoms with Crippen molar-refractivity contribution in [3.63, 3.8) is 0 Å². The number of anilines is 1. The average Bonchev–Trinajstić information content (AvgIpc) is 2.68. The van der Waals surface area contributed by atoms with E-state index in [1.165, 1.54) is 11.3 Å². The number of nitrogens with zero attached hydrogens (tertiary/aromatic N) is 1. The Kier molecular flexibility index (Phi) is 6.13. The van der Waals surface area contributed by atoms with Gasteiger partial charge in [0.1, 0.15) is 0 Å². The molecule has 1 amide bonds. The monoisotopic (exact) mass is 271 g/mol. The molecule has 0 saturated heterocycles. The number of carbonyl (C=O) groups is 2. The fourth-order valence-corrected chi connectivity index (χ4v) is 2.00. The van der Waals surface area contributed by atoms with Crippen LogP contribution in [0.3, 0.4) is 0 Å². The second kappa shape index (κ2) is 7.65. The van der Waals surface area contributed by atoms with Crippen molar-refractivity contribution < 1.29 is 14.7 Å². The lowest BCUT2D eigenvalue weighted by molar-refractivity contribution is -0.137. The summed E-state index contributed by atoms with van der Waals surface area (Å²) in [6, 6.07) is 0. The van der Waals surface area contributed by atoms with Crippen LogP contribution in [-0.4, -0.2) is 28.5 Å². The first-order valence-corrected chi connectivity index (χ1v) is 6.64. The third kappa shape index (κ3) is 6.19. The maximum absolute atomic E-state index is 11.5. The summed E-state index contributed by atoms with van der Waals surface area (Å²) in [6.45, 7) is 0.568. The summed E-state index contributed by atoms with van der Waals surface area (Å²) >= 11 is 1.32. The third-order valence-electron chi connectivity index (χ3n) is 2.30. The summed E-state index contributed by atoms with van der Waals surface area (Å²) in [6.07, 6.45) is 2.66. The Hall–Kier alpha value is -1.63. The van der Waals surface area contributed by atoms with Crippen LogP contribution in [-0.2, 0) is 16.0 Å². The zero-order valence-corrected chi connectivity index (χ0v) is 10.8. The van der Waals surface area contributed by atoms with Gasteiger partial charge >= 0.3 is 5.97 Å². The predicted molar refractivity (Wildman–Crippen MR) is 69.3 cm³/mol. The molecule has 18 heavy (non-hydrogen) atoms. The first-order chi connectivity index (χ1) is 8.58. The lowest BCUT2D eigenvalue weighted by atomic mass is 10.2. The van der Waals surface area contributed by atoms with Crippen LogP contribution in [0.5, 0.6) is 0 Å². The van der Waals surface area contributed by atoms with Gasteiger partial charge in [-0.05, 0) is 12.8 Å². The Balaban J connectivity index is 2.05. The highest BCUT2D eigenvalue weighted by Gasteiger charge is 2.05. The van der Waals surface area contributed by atoms with Gasteiger partial charge in [0, 0.05) is 18.3 Å². The van der Waals surface area contributed by atoms with Crippen LogP contribution in [0.25, 0.3) is 0 Å². The molecule has 7 heteroatoms. The summed E-state index contributed by atoms with van der Waals surface area (Å²) < 4.78 is 0. The second-order valence-electron chi connectivity index (χ2n) is 3.91. The first kappa shape index (κ1) is 14.4. The topological polar surface area (TPSA) is 105 Å². The van der Waals surface area contributed by atoms with Gasteiger partial charge in [0.2, 0.25) is 5.91 Å². The van der Waals surface area contributed by atoms with Crippen LogP contribution >= 0.6 is 11.3 Å². The molecule has 0 aromatic carbocycles. The minimum Gasteiger partial charge on any atom is -0.481 e. The van der Waals surface area contributed by atoms with Crippen LogP contribution in [0.2, 0.25) is 0 Å². The standard InChI is InChI=1S/C11H17N3O3S/c12-11-14-8(7-18-11)6-9(15)13-5-3-1-2-4-10(16)17/h7H,1-6H2,(H2,12,14)(H,13,15)(H,16,17). The van der Waals surface area contributed by atoms with E-state index in [1.807, 2.05) is 0 Å². The molecule has 1 rings (SSSR count). The van der Waals surface area contributed by atoms with Gasteiger partial charge in [-0.2, -0.15) is 0 Å². The smallest absolute Gasteiger partial charge is 0.303 e. The van der Waals surface area contributed by atoms with Crippen molar-refractivity contribution in [1.29, 1.82) is 0 Å². The Morgan fingerprint density at radius 2 is 2.17 bits per heavy atom. The molecule has 1 aromatic heterocycles. The number of carboxylic acids is 1. The van der Waals surface area contributed by atoms with Gasteiger partial charge in [0.25, 0.3) is 0 Å². The van der Waals surface area contributed by atoms with Gasteiger partial charge in [-0.15, -0.1) is 11.3 Å². The van der Waals surface area contributed by atoms with E-state index in [0.29, 0.717) is 23.8 Å². The minimum absolute atomic E-state index is 0.0847. The van der Waals surface area contributed by atoms with Crippen molar-refractivity contribution in [2.24, 2.45) is 0 Å². The zero-order chi connectivity index (χ0) is 13.4. The van der Waals surface area contributed by atoms with Crippen LogP contribution in [0.1, 0.15) is 31.4 Å². The zero-order valence-electron chi connectivity index (χ0n) is 10.0. The number of nitrogen functional groups attached to an aromatic ring is 1. The number of rotatable bonds is 8. The van der Waals surface area contributed by atoms with Crippen LogP contribution in [0.4, 0.5) is 5.13 Å². The number of carbonyl (C=O) groups excluding carboxylic acids is 1. The molecule has 0 saturated carbocycles. The molecule has 0 aliphatic carbocycles. The maximum atomic E-state index is 11.5. The third-order valence-corrected chi connectivity index (χ3v) is 3.02. The number of aromatic nitrogens is 1. The highest BCUT2D eigenvalue weighted by atomic mass is 32.1. The van der Waals surface area contributed by atoms with Crippen molar-refractivity contribution in [1.82, 2.24) is 10.3 Å². The van der Waals surface area contributed by atoms with E-state index in [-0.39, 0.29) is 18.7 Å². The van der Waals surface area contributed by atoms with Gasteiger partial charge in [-0.25, -0.2) is 4.98 Å². The van der Waals surface area contributed by atoms with E-state index in [4.69, 9.17) is 10.8 Å². The summed E-state index contributed by atoms with van der Waals surface area (Å²) in [4.78, 5) is 25.7. The first-order valence-electron chi connectivity index (χ1n) is 5.76. The molecule has 0 radical (unpaired) electrons. The quantitative estimate of drug-likeness (QED) is 0.612. The minimum atomic E-state index is -0.778. The molecular formula is C11H17N3O3S. The normalized spacial score (nSPS) is 10.2. The van der Waals surface area contributed by atoms with E-state index >= 15 is 0 Å². The van der Waals surface area contributed by atoms with Gasteiger partial charge in [0.15, 0.2) is 5.13 Å². The lowest BCUT2D eigenvalue weighted by Gasteiger charge is -2.03. The Morgan fingerprint density at radius 3 is 2.78 bits per heavy atom. The van der Waals surface area contributed by atoms with E-state index in [0.717, 1.165) is 12.8 Å². The molecule has 0 bridgehead atoms. The lowest BCUT2D eigenvalue weighted by Crippen LogP contribution is -2.26. The molecular weight excluding hydrogens is 254 g/mol. The molecule has 0 unspecified atom stereocenters. The molecule has 100 valence electrons. The largest absolute Gasteiger partial charge is 0.481 e. The van der Waals surface area contributed by atoms with E-state index in [9.17, 15) is 9.59 Å². The summed E-state index contributed by atoms with van der Waals surface area (Å²) in [5.41, 5.74) is 6.14. The Bertz CT molecular complexity index is 406. The maximum Gasteiger partial charge on any atom is 0.303 e. The van der Waals surface area contributed by atoms with Crippen molar-refractivity contribution in [2.45, 2.75) is 32.1 Å². The summed E-state index contributed by atoms with van der Waals surface area (Å²) in [7, 11) is 0. The molecule has 0 aliphatic heterocycles. The van der Waals surface area contributed by atoms with Gasteiger partial charge in [-0.1, -0.05) is 6.42 Å². The van der Waals surface area contributed by atoms with Crippen LogP contribution in [0, 0.1) is 0 Å². The average molecular weight is 271 g/mol. The summed E-state index contributed by atoms with van der Waals surface area (Å²) in [5, 5.41) is 13.4. The highest BCUT2D eigenvalue weighted by molar-refractivity contribution is 7.13. The number of nitrogens with two attached hydrogens (primary N) is 1. The van der Waals surface area contributed by atoms with Gasteiger partial charge < -0.3 is 16.2 Å². The molecule has 4 N–H and O–H groups in total. The Labute approximate surface area is 109 Å². The van der Waals surface area contributed by atoms with E-state index in [2.05, 4.69) is 10.3 Å². The van der Waals surface area contributed by atoms with Crippen molar-refractivity contribution in [3.05, 3.63) is 11.1 Å². The SMILES string of the molecule is Nc1nc(CC(=O)NCCCCCC(=O)O)cs1. The molecule has 0 fully saturated rings. The number of carboxylic acid groups (broad SMARTS) is 1. The van der Waals surface area contributed by atoms with Crippen molar-refractivity contribution in [3.8, 4) is 0 Å². The van der Waals surface area contributed by atoms with E-state index in [1.54, 1.807) is 5.38 Å². The molecule has 6 nitrogen and oxygen atoms in total. The number of nitrogens with one attached hydrogen (secondary N) is 1. The highest BCUT2D eigenvalue weighted by Crippen LogP contribution is 2.11. The number of unbranched alkanes of at least 4 members (excludes halogenated alkanes) is 2. The van der Waals surface area contributed by atoms with Crippen molar-refractivity contribution >= 4 is 28.3 Å². The van der Waals surface area contributed by atoms with Gasteiger partial charge in [-0.3, -0.25) is 9.59 Å². The Morgan fingerprint density at radius 1 is 1.39 bits per heavy atom. The molecule has 0 aliphatic rings. The fraction of sp³-hybridized carbons (Fsp3) is 0.545. The molecule has 1 heterocycles. The van der Waals surface area contributed by atoms with Crippen LogP contribution < -0.4 is 11.1 Å². The number of amides is 1. The van der Waals surface area contributed by atoms with Crippen LogP contribution in [0.15, 0.2) is 5.38 Å². The molecule has 1 aromatic rings. The summed E-state index contributed by atoms with van der Waals surface area (Å²) in [5.74, 6) is -0.862. The number of thiazole rings is 1. The number of hydrogen-bond donors (Lipinski definition) is 3. The number of hydrogen-bond acceptors (Lipinski definition) is 5. The predicted octanol–water partition coefficient (Wildman–Crippen LogP) is 1.03. The number of aliphatic carboxylic acids is 1. The van der Waals surface area contributed by atoms with E-state index < -0.39 is 5.97 Å². The molecule has 0 spiro atoms.